The van der Waals surface area contributed by atoms with E-state index in [1.165, 1.54) is 11.1 Å². The second-order valence-electron chi connectivity index (χ2n) is 10.4. The lowest BCUT2D eigenvalue weighted by molar-refractivity contribution is -0.143. The lowest BCUT2D eigenvalue weighted by Crippen LogP contribution is -2.39. The number of hydrogen-bond donors (Lipinski definition) is 1. The monoisotopic (exact) mass is 513 g/mol. The number of rotatable bonds is 14. The van der Waals surface area contributed by atoms with Crippen LogP contribution in [-0.4, -0.2) is 54.4 Å². The number of aliphatic hydroxyl groups excluding tert-OH is 1. The predicted octanol–water partition coefficient (Wildman–Crippen LogP) is 5.86. The Morgan fingerprint density at radius 3 is 2.76 bits per heavy atom. The Morgan fingerprint density at radius 2 is 2.00 bits per heavy atom. The minimum absolute atomic E-state index is 0.135. The van der Waals surface area contributed by atoms with Gasteiger partial charge in [-0.25, -0.2) is 4.39 Å². The molecule has 1 aliphatic rings. The van der Waals surface area contributed by atoms with Gasteiger partial charge < -0.3 is 14.6 Å². The second-order valence-corrected chi connectivity index (χ2v) is 10.4. The summed E-state index contributed by atoms with van der Waals surface area (Å²) in [6.45, 7) is 9.91. The van der Waals surface area contributed by atoms with Crippen molar-refractivity contribution in [1.82, 2.24) is 4.90 Å². The van der Waals surface area contributed by atoms with E-state index < -0.39 is 6.10 Å². The Kier molecular flexibility index (Phi) is 11.6. The molecule has 2 aromatic carbocycles. The van der Waals surface area contributed by atoms with Crippen LogP contribution in [0.5, 0.6) is 0 Å². The third-order valence-electron chi connectivity index (χ3n) is 7.31. The second kappa shape index (κ2) is 14.6. The molecular weight excluding hydrogens is 469 g/mol. The number of ether oxygens (including phenoxy) is 2. The van der Waals surface area contributed by atoms with Crippen molar-refractivity contribution >= 4 is 5.97 Å². The molecule has 0 aromatic heterocycles. The number of likely N-dealkylation sites (tertiary alicyclic amines) is 1. The average Bonchev–Trinajstić information content (AvgIpc) is 3.29. The number of halogens is 1. The van der Waals surface area contributed by atoms with Crippen LogP contribution in [0.4, 0.5) is 4.39 Å². The fourth-order valence-electron chi connectivity index (χ4n) is 5.24. The van der Waals surface area contributed by atoms with Crippen LogP contribution in [0.15, 0.2) is 36.4 Å². The number of unbranched alkanes of at least 4 members (excludes halogenated alkanes) is 1. The van der Waals surface area contributed by atoms with Gasteiger partial charge in [-0.3, -0.25) is 9.69 Å². The summed E-state index contributed by atoms with van der Waals surface area (Å²) in [5.41, 5.74) is 5.24. The first-order chi connectivity index (χ1) is 17.8. The molecule has 0 saturated carbocycles. The zero-order chi connectivity index (χ0) is 26.8. The Balaban J connectivity index is 1.49. The molecule has 37 heavy (non-hydrogen) atoms. The fourth-order valence-corrected chi connectivity index (χ4v) is 5.24. The van der Waals surface area contributed by atoms with Gasteiger partial charge in [0.25, 0.3) is 0 Å². The van der Waals surface area contributed by atoms with Gasteiger partial charge in [-0.1, -0.05) is 35.9 Å². The first-order valence-electron chi connectivity index (χ1n) is 13.8. The van der Waals surface area contributed by atoms with Gasteiger partial charge in [-0.15, -0.1) is 0 Å². The number of nitrogens with zero attached hydrogens (tertiary/aromatic N) is 1. The third kappa shape index (κ3) is 9.20. The van der Waals surface area contributed by atoms with Crippen molar-refractivity contribution in [3.05, 3.63) is 70.0 Å². The molecule has 0 bridgehead atoms. The molecule has 0 spiro atoms. The van der Waals surface area contributed by atoms with E-state index in [1.807, 2.05) is 26.0 Å². The van der Waals surface area contributed by atoms with Crippen LogP contribution in [0.2, 0.25) is 0 Å². The standard InChI is InChI=1S/C31H44FNO4/c1-5-36-31(35)11-7-6-9-26-17-22(2)12-15-29(26)24(4)37-21-28(34)20-33-16-8-10-27(33)18-25-14-13-23(3)30(32)19-25/h12-15,17,19,24,27-28,34H,5-11,16,18,20-21H2,1-4H3/t24-,27+,28-/m1/s1. The Hall–Kier alpha value is -2.28. The highest BCUT2D eigenvalue weighted by atomic mass is 19.1. The van der Waals surface area contributed by atoms with E-state index in [0.717, 1.165) is 56.2 Å². The van der Waals surface area contributed by atoms with E-state index in [2.05, 4.69) is 30.0 Å². The van der Waals surface area contributed by atoms with Crippen molar-refractivity contribution in [1.29, 1.82) is 0 Å². The van der Waals surface area contributed by atoms with Crippen molar-refractivity contribution < 1.29 is 23.8 Å². The maximum Gasteiger partial charge on any atom is 0.305 e. The summed E-state index contributed by atoms with van der Waals surface area (Å²) in [6.07, 6.45) is 5.25. The third-order valence-corrected chi connectivity index (χ3v) is 7.31. The lowest BCUT2D eigenvalue weighted by atomic mass is 9.96. The van der Waals surface area contributed by atoms with E-state index in [9.17, 15) is 14.3 Å². The first kappa shape index (κ1) is 29.3. The number of β-amino-alcohol motifs (C(OH)–C–C–N with tert-alkyl or cyclic N) is 1. The minimum Gasteiger partial charge on any atom is -0.466 e. The van der Waals surface area contributed by atoms with E-state index in [4.69, 9.17) is 9.47 Å². The van der Waals surface area contributed by atoms with Crippen LogP contribution in [0.1, 0.15) is 79.9 Å². The molecule has 0 aliphatic carbocycles. The fraction of sp³-hybridized carbons (Fsp3) is 0.581. The van der Waals surface area contributed by atoms with Crippen molar-refractivity contribution in [2.45, 2.75) is 90.9 Å². The molecule has 1 aliphatic heterocycles. The molecule has 204 valence electrons. The number of hydrogen-bond acceptors (Lipinski definition) is 5. The van der Waals surface area contributed by atoms with Gasteiger partial charge in [0.15, 0.2) is 0 Å². The molecule has 6 heteroatoms. The molecule has 1 N–H and O–H groups in total. The highest BCUT2D eigenvalue weighted by molar-refractivity contribution is 5.69. The predicted molar refractivity (Wildman–Crippen MR) is 145 cm³/mol. The quantitative estimate of drug-likeness (QED) is 0.253. The Morgan fingerprint density at radius 1 is 1.19 bits per heavy atom. The molecule has 5 nitrogen and oxygen atoms in total. The number of aryl methyl sites for hydroxylation is 3. The average molecular weight is 514 g/mol. The maximum absolute atomic E-state index is 14.0. The summed E-state index contributed by atoms with van der Waals surface area (Å²) < 4.78 is 25.1. The van der Waals surface area contributed by atoms with E-state index >= 15 is 0 Å². The first-order valence-corrected chi connectivity index (χ1v) is 13.8. The van der Waals surface area contributed by atoms with Crippen LogP contribution < -0.4 is 0 Å². The van der Waals surface area contributed by atoms with Gasteiger partial charge in [0.1, 0.15) is 5.82 Å². The zero-order valence-electron chi connectivity index (χ0n) is 23.0. The minimum atomic E-state index is -0.587. The zero-order valence-corrected chi connectivity index (χ0v) is 23.0. The van der Waals surface area contributed by atoms with Gasteiger partial charge in [-0.05, 0) is 101 Å². The summed E-state index contributed by atoms with van der Waals surface area (Å²) in [4.78, 5) is 13.9. The van der Waals surface area contributed by atoms with Crippen molar-refractivity contribution in [2.24, 2.45) is 0 Å². The number of benzene rings is 2. The van der Waals surface area contributed by atoms with Crippen LogP contribution in [0, 0.1) is 19.7 Å². The van der Waals surface area contributed by atoms with E-state index in [0.29, 0.717) is 31.2 Å². The SMILES string of the molecule is CCOC(=O)CCCCc1cc(C)ccc1[C@@H](C)OC[C@H](O)CN1CCC[C@H]1Cc1ccc(C)c(F)c1. The largest absolute Gasteiger partial charge is 0.466 e. The Bertz CT molecular complexity index is 1010. The maximum atomic E-state index is 14.0. The summed E-state index contributed by atoms with van der Waals surface area (Å²) >= 11 is 0. The van der Waals surface area contributed by atoms with Crippen molar-refractivity contribution in [2.75, 3.05) is 26.3 Å². The number of carbonyl (C=O) groups excluding carboxylic acids is 1. The molecular formula is C31H44FNO4. The lowest BCUT2D eigenvalue weighted by Gasteiger charge is -2.28. The molecule has 0 unspecified atom stereocenters. The number of carbonyl (C=O) groups is 1. The van der Waals surface area contributed by atoms with E-state index in [1.54, 1.807) is 13.0 Å². The molecule has 0 radical (unpaired) electrons. The highest BCUT2D eigenvalue weighted by Gasteiger charge is 2.27. The van der Waals surface area contributed by atoms with Crippen molar-refractivity contribution in [3.63, 3.8) is 0 Å². The van der Waals surface area contributed by atoms with Gasteiger partial charge in [0.2, 0.25) is 0 Å². The molecule has 1 fully saturated rings. The van der Waals surface area contributed by atoms with Crippen molar-refractivity contribution in [3.8, 4) is 0 Å². The Labute approximate surface area is 222 Å². The summed E-state index contributed by atoms with van der Waals surface area (Å²) in [5.74, 6) is -0.289. The molecule has 3 atom stereocenters. The van der Waals surface area contributed by atoms with Gasteiger partial charge in [0.05, 0.1) is 25.4 Å². The smallest absolute Gasteiger partial charge is 0.305 e. The topological polar surface area (TPSA) is 59.0 Å². The highest BCUT2D eigenvalue weighted by Crippen LogP contribution is 2.26. The molecule has 1 saturated heterocycles. The van der Waals surface area contributed by atoms with Crippen LogP contribution in [0.25, 0.3) is 0 Å². The van der Waals surface area contributed by atoms with Crippen LogP contribution in [0.3, 0.4) is 0 Å². The summed E-state index contributed by atoms with van der Waals surface area (Å²) in [7, 11) is 0. The van der Waals surface area contributed by atoms with Gasteiger partial charge in [-0.2, -0.15) is 0 Å². The summed E-state index contributed by atoms with van der Waals surface area (Å²) in [5, 5.41) is 10.8. The number of aliphatic hydroxyl groups is 1. The van der Waals surface area contributed by atoms with E-state index in [-0.39, 0.29) is 24.5 Å². The molecule has 3 rings (SSSR count). The normalized spacial score (nSPS) is 17.6. The molecule has 1 heterocycles. The number of esters is 1. The summed E-state index contributed by atoms with van der Waals surface area (Å²) in [6, 6.07) is 12.2. The van der Waals surface area contributed by atoms with Crippen LogP contribution >= 0.6 is 0 Å². The molecule has 0 amide bonds. The van der Waals surface area contributed by atoms with Gasteiger partial charge >= 0.3 is 5.97 Å². The molecule has 2 aromatic rings. The van der Waals surface area contributed by atoms with Crippen LogP contribution in [-0.2, 0) is 27.1 Å². The van der Waals surface area contributed by atoms with Gasteiger partial charge in [0, 0.05) is 19.0 Å².